The van der Waals surface area contributed by atoms with E-state index in [0.29, 0.717) is 5.88 Å². The van der Waals surface area contributed by atoms with E-state index >= 15 is 0 Å². The van der Waals surface area contributed by atoms with Gasteiger partial charge >= 0.3 is 0 Å². The molecule has 2 heterocycles. The first-order valence-corrected chi connectivity index (χ1v) is 7.09. The highest BCUT2D eigenvalue weighted by atomic mass is 35.5. The number of aromatic nitrogens is 2. The van der Waals surface area contributed by atoms with Crippen molar-refractivity contribution in [2.45, 2.75) is 18.7 Å². The predicted octanol–water partition coefficient (Wildman–Crippen LogP) is 2.82. The highest BCUT2D eigenvalue weighted by Gasteiger charge is 2.14. The molecule has 19 heavy (non-hydrogen) atoms. The SMILES string of the molecule is ClCc1cnc(N2CCc3ccccc3CC2)cn1. The van der Waals surface area contributed by atoms with Gasteiger partial charge in [-0.1, -0.05) is 24.3 Å². The highest BCUT2D eigenvalue weighted by Crippen LogP contribution is 2.19. The van der Waals surface area contributed by atoms with Gasteiger partial charge in [0.25, 0.3) is 0 Å². The molecule has 1 aromatic heterocycles. The zero-order valence-corrected chi connectivity index (χ0v) is 11.5. The van der Waals surface area contributed by atoms with Gasteiger partial charge in [-0.3, -0.25) is 4.98 Å². The first-order chi connectivity index (χ1) is 9.36. The molecular weight excluding hydrogens is 258 g/mol. The van der Waals surface area contributed by atoms with Gasteiger partial charge < -0.3 is 4.90 Å². The van der Waals surface area contributed by atoms with Gasteiger partial charge in [-0.2, -0.15) is 0 Å². The van der Waals surface area contributed by atoms with Gasteiger partial charge in [0, 0.05) is 13.1 Å². The van der Waals surface area contributed by atoms with E-state index in [2.05, 4.69) is 39.1 Å². The van der Waals surface area contributed by atoms with E-state index in [1.807, 2.05) is 6.20 Å². The standard InChI is InChI=1S/C15H16ClN3/c16-9-14-10-18-15(11-17-14)19-7-5-12-3-1-2-4-13(12)6-8-19/h1-4,10-11H,5-9H2. The summed E-state index contributed by atoms with van der Waals surface area (Å²) in [7, 11) is 0. The van der Waals surface area contributed by atoms with E-state index in [1.165, 1.54) is 11.1 Å². The molecule has 0 bridgehead atoms. The van der Waals surface area contributed by atoms with Crippen molar-refractivity contribution < 1.29 is 0 Å². The summed E-state index contributed by atoms with van der Waals surface area (Å²) in [6, 6.07) is 8.68. The number of nitrogens with zero attached hydrogens (tertiary/aromatic N) is 3. The Kier molecular flexibility index (Phi) is 3.65. The molecule has 2 aromatic rings. The van der Waals surface area contributed by atoms with Crippen molar-refractivity contribution >= 4 is 17.4 Å². The summed E-state index contributed by atoms with van der Waals surface area (Å²) in [5.41, 5.74) is 3.73. The lowest BCUT2D eigenvalue weighted by molar-refractivity contribution is 0.785. The summed E-state index contributed by atoms with van der Waals surface area (Å²) in [6.07, 6.45) is 5.72. The van der Waals surface area contributed by atoms with E-state index in [-0.39, 0.29) is 0 Å². The zero-order chi connectivity index (χ0) is 13.1. The lowest BCUT2D eigenvalue weighted by Crippen LogP contribution is -2.27. The molecule has 1 aromatic carbocycles. The van der Waals surface area contributed by atoms with Crippen LogP contribution in [0.4, 0.5) is 5.82 Å². The number of anilines is 1. The molecule has 0 amide bonds. The number of halogens is 1. The average molecular weight is 274 g/mol. The largest absolute Gasteiger partial charge is 0.355 e. The van der Waals surface area contributed by atoms with Crippen LogP contribution in [0.5, 0.6) is 0 Å². The molecule has 0 unspecified atom stereocenters. The van der Waals surface area contributed by atoms with Crippen molar-refractivity contribution in [2.75, 3.05) is 18.0 Å². The molecule has 0 N–H and O–H groups in total. The molecule has 0 aliphatic carbocycles. The van der Waals surface area contributed by atoms with Crippen LogP contribution in [0.1, 0.15) is 16.8 Å². The van der Waals surface area contributed by atoms with Crippen LogP contribution >= 0.6 is 11.6 Å². The Labute approximate surface area is 118 Å². The molecule has 0 saturated heterocycles. The maximum absolute atomic E-state index is 5.74. The molecule has 0 radical (unpaired) electrons. The van der Waals surface area contributed by atoms with Crippen molar-refractivity contribution in [3.63, 3.8) is 0 Å². The summed E-state index contributed by atoms with van der Waals surface area (Å²) in [6.45, 7) is 1.98. The second-order valence-corrected chi connectivity index (χ2v) is 5.02. The summed E-state index contributed by atoms with van der Waals surface area (Å²) in [4.78, 5) is 11.1. The van der Waals surface area contributed by atoms with Gasteiger partial charge in [0.15, 0.2) is 0 Å². The van der Waals surface area contributed by atoms with Gasteiger partial charge in [0.1, 0.15) is 5.82 Å². The quantitative estimate of drug-likeness (QED) is 0.788. The Bertz CT molecular complexity index is 527. The zero-order valence-electron chi connectivity index (χ0n) is 10.7. The van der Waals surface area contributed by atoms with Gasteiger partial charge in [0.2, 0.25) is 0 Å². The fourth-order valence-electron chi connectivity index (χ4n) is 2.48. The molecule has 1 aliphatic rings. The average Bonchev–Trinajstić information content (AvgIpc) is 2.70. The van der Waals surface area contributed by atoms with Gasteiger partial charge in [0.05, 0.1) is 24.0 Å². The molecule has 3 nitrogen and oxygen atoms in total. The number of fused-ring (bicyclic) bond motifs is 1. The van der Waals surface area contributed by atoms with Crippen LogP contribution in [0.2, 0.25) is 0 Å². The van der Waals surface area contributed by atoms with Crippen molar-refractivity contribution in [1.82, 2.24) is 9.97 Å². The molecule has 0 spiro atoms. The Morgan fingerprint density at radius 3 is 2.21 bits per heavy atom. The second-order valence-electron chi connectivity index (χ2n) is 4.76. The van der Waals surface area contributed by atoms with Gasteiger partial charge in [-0.05, 0) is 24.0 Å². The summed E-state index contributed by atoms with van der Waals surface area (Å²) >= 11 is 5.74. The van der Waals surface area contributed by atoms with E-state index < -0.39 is 0 Å². The third kappa shape index (κ3) is 2.71. The van der Waals surface area contributed by atoms with Crippen molar-refractivity contribution in [1.29, 1.82) is 0 Å². The minimum Gasteiger partial charge on any atom is -0.355 e. The summed E-state index contributed by atoms with van der Waals surface area (Å²) < 4.78 is 0. The smallest absolute Gasteiger partial charge is 0.147 e. The monoisotopic (exact) mass is 273 g/mol. The third-order valence-electron chi connectivity index (χ3n) is 3.57. The van der Waals surface area contributed by atoms with Crippen LogP contribution in [0, 0.1) is 0 Å². The normalized spacial score (nSPS) is 14.9. The second kappa shape index (κ2) is 5.57. The number of hydrogen-bond donors (Lipinski definition) is 0. The van der Waals surface area contributed by atoms with Crippen LogP contribution in [0.25, 0.3) is 0 Å². The number of hydrogen-bond acceptors (Lipinski definition) is 3. The Hall–Kier alpha value is -1.61. The molecule has 3 rings (SSSR count). The maximum atomic E-state index is 5.74. The minimum atomic E-state index is 0.415. The van der Waals surface area contributed by atoms with Crippen LogP contribution in [-0.2, 0) is 18.7 Å². The molecule has 0 atom stereocenters. The molecular formula is C15H16ClN3. The fraction of sp³-hybridized carbons (Fsp3) is 0.333. The van der Waals surface area contributed by atoms with Crippen molar-refractivity contribution in [3.05, 3.63) is 53.5 Å². The van der Waals surface area contributed by atoms with Gasteiger partial charge in [-0.15, -0.1) is 11.6 Å². The minimum absolute atomic E-state index is 0.415. The highest BCUT2D eigenvalue weighted by molar-refractivity contribution is 6.16. The van der Waals surface area contributed by atoms with Gasteiger partial charge in [-0.25, -0.2) is 4.98 Å². The molecule has 4 heteroatoms. The Morgan fingerprint density at radius 2 is 1.68 bits per heavy atom. The van der Waals surface area contributed by atoms with Crippen LogP contribution in [-0.4, -0.2) is 23.1 Å². The number of alkyl halides is 1. The lowest BCUT2D eigenvalue weighted by Gasteiger charge is -2.20. The first-order valence-electron chi connectivity index (χ1n) is 6.55. The van der Waals surface area contributed by atoms with E-state index in [0.717, 1.165) is 37.4 Å². The van der Waals surface area contributed by atoms with Crippen molar-refractivity contribution in [3.8, 4) is 0 Å². The number of rotatable bonds is 2. The lowest BCUT2D eigenvalue weighted by atomic mass is 10.0. The van der Waals surface area contributed by atoms with E-state index in [4.69, 9.17) is 11.6 Å². The molecule has 1 aliphatic heterocycles. The first kappa shape index (κ1) is 12.4. The molecule has 98 valence electrons. The predicted molar refractivity (Wildman–Crippen MR) is 77.7 cm³/mol. The Balaban J connectivity index is 1.77. The number of benzene rings is 1. The maximum Gasteiger partial charge on any atom is 0.147 e. The third-order valence-corrected chi connectivity index (χ3v) is 3.85. The van der Waals surface area contributed by atoms with Crippen LogP contribution < -0.4 is 4.90 Å². The summed E-state index contributed by atoms with van der Waals surface area (Å²) in [5, 5.41) is 0. The Morgan fingerprint density at radius 1 is 1.00 bits per heavy atom. The summed E-state index contributed by atoms with van der Waals surface area (Å²) in [5.74, 6) is 1.36. The van der Waals surface area contributed by atoms with Crippen LogP contribution in [0.3, 0.4) is 0 Å². The fourth-order valence-corrected chi connectivity index (χ4v) is 2.62. The van der Waals surface area contributed by atoms with Crippen molar-refractivity contribution in [2.24, 2.45) is 0 Å². The van der Waals surface area contributed by atoms with E-state index in [9.17, 15) is 0 Å². The topological polar surface area (TPSA) is 29.0 Å². The van der Waals surface area contributed by atoms with Crippen LogP contribution in [0.15, 0.2) is 36.7 Å². The molecule has 0 fully saturated rings. The molecule has 0 saturated carbocycles. The van der Waals surface area contributed by atoms with E-state index in [1.54, 1.807) is 6.20 Å².